The summed E-state index contributed by atoms with van der Waals surface area (Å²) in [4.78, 5) is 20.2. The molecule has 0 radical (unpaired) electrons. The van der Waals surface area contributed by atoms with Crippen LogP contribution in [0.5, 0.6) is 11.5 Å². The molecule has 1 spiro atoms. The van der Waals surface area contributed by atoms with Gasteiger partial charge in [-0.15, -0.1) is 0 Å². The lowest BCUT2D eigenvalue weighted by Crippen LogP contribution is -2.40. The first-order valence-electron chi connectivity index (χ1n) is 10.00. The van der Waals surface area contributed by atoms with Crippen molar-refractivity contribution in [1.82, 2.24) is 9.97 Å². The molecule has 2 aromatic carbocycles. The summed E-state index contributed by atoms with van der Waals surface area (Å²) in [5.41, 5.74) is 3.78. The molecule has 1 fully saturated rings. The zero-order valence-electron chi connectivity index (χ0n) is 16.3. The Kier molecular flexibility index (Phi) is 4.62. The van der Waals surface area contributed by atoms with E-state index in [1.807, 2.05) is 37.3 Å². The van der Waals surface area contributed by atoms with Crippen molar-refractivity contribution in [2.75, 3.05) is 11.1 Å². The number of nitrogens with one attached hydrogen (secondary N) is 2. The predicted octanol–water partition coefficient (Wildman–Crippen LogP) is 5.03. The van der Waals surface area contributed by atoms with E-state index in [4.69, 9.17) is 9.47 Å². The fraction of sp³-hybridized carbons (Fsp3) is 0.364. The molecule has 2 aliphatic rings. The van der Waals surface area contributed by atoms with Crippen LogP contribution in [0.3, 0.4) is 0 Å². The molecular formula is C22H23N3O3S. The lowest BCUT2D eigenvalue weighted by Gasteiger charge is -2.31. The molecule has 0 bridgehead atoms. The van der Waals surface area contributed by atoms with Crippen molar-refractivity contribution in [1.29, 1.82) is 0 Å². The summed E-state index contributed by atoms with van der Waals surface area (Å²) < 4.78 is 12.2. The number of carbonyl (C=O) groups excluding carboxylic acids is 1. The van der Waals surface area contributed by atoms with Crippen LogP contribution in [-0.4, -0.2) is 27.4 Å². The summed E-state index contributed by atoms with van der Waals surface area (Å²) in [6.07, 6.45) is 5.30. The normalized spacial score (nSPS) is 17.0. The molecule has 1 saturated carbocycles. The van der Waals surface area contributed by atoms with Gasteiger partial charge >= 0.3 is 0 Å². The predicted molar refractivity (Wildman–Crippen MR) is 114 cm³/mol. The Morgan fingerprint density at radius 1 is 1.14 bits per heavy atom. The number of aryl methyl sites for hydroxylation is 1. The van der Waals surface area contributed by atoms with Crippen LogP contribution >= 0.6 is 11.8 Å². The molecule has 150 valence electrons. The van der Waals surface area contributed by atoms with Crippen LogP contribution in [0.15, 0.2) is 41.6 Å². The number of hydrogen-bond donors (Lipinski definition) is 2. The Morgan fingerprint density at radius 3 is 2.83 bits per heavy atom. The number of anilines is 1. The first-order valence-corrected chi connectivity index (χ1v) is 11.0. The molecule has 0 saturated heterocycles. The van der Waals surface area contributed by atoms with Gasteiger partial charge in [-0.1, -0.05) is 24.2 Å². The number of fused-ring (bicyclic) bond motifs is 2. The maximum atomic E-state index is 12.4. The number of hydrogen-bond acceptors (Lipinski definition) is 5. The monoisotopic (exact) mass is 409 g/mol. The van der Waals surface area contributed by atoms with Crippen molar-refractivity contribution in [3.63, 3.8) is 0 Å². The van der Waals surface area contributed by atoms with Gasteiger partial charge in [0.2, 0.25) is 5.91 Å². The molecule has 0 atom stereocenters. The van der Waals surface area contributed by atoms with Gasteiger partial charge in [0.05, 0.1) is 16.8 Å². The summed E-state index contributed by atoms with van der Waals surface area (Å²) in [7, 11) is 0. The van der Waals surface area contributed by atoms with Crippen LogP contribution in [0.25, 0.3) is 11.0 Å². The molecule has 1 aliphatic heterocycles. The fourth-order valence-corrected chi connectivity index (χ4v) is 4.65. The van der Waals surface area contributed by atoms with E-state index in [0.29, 0.717) is 11.4 Å². The number of H-pyrrole nitrogens is 1. The third-order valence-corrected chi connectivity index (χ3v) is 6.26. The molecule has 3 aromatic rings. The van der Waals surface area contributed by atoms with E-state index in [9.17, 15) is 4.79 Å². The average molecular weight is 410 g/mol. The third kappa shape index (κ3) is 3.79. The van der Waals surface area contributed by atoms with Gasteiger partial charge in [-0.3, -0.25) is 4.79 Å². The number of rotatable bonds is 4. The van der Waals surface area contributed by atoms with Crippen LogP contribution in [0.1, 0.15) is 37.7 Å². The number of amides is 1. The average Bonchev–Trinajstić information content (AvgIpc) is 3.26. The Hall–Kier alpha value is -2.67. The van der Waals surface area contributed by atoms with Gasteiger partial charge in [-0.05, 0) is 49.6 Å². The highest BCUT2D eigenvalue weighted by molar-refractivity contribution is 7.99. The van der Waals surface area contributed by atoms with Gasteiger partial charge in [0.1, 0.15) is 0 Å². The van der Waals surface area contributed by atoms with E-state index in [1.165, 1.54) is 23.7 Å². The highest BCUT2D eigenvalue weighted by Crippen LogP contribution is 2.46. The highest BCUT2D eigenvalue weighted by Gasteiger charge is 2.42. The van der Waals surface area contributed by atoms with Crippen molar-refractivity contribution >= 4 is 34.4 Å². The van der Waals surface area contributed by atoms with Gasteiger partial charge in [-0.25, -0.2) is 4.98 Å². The number of ether oxygens (including phenoxy) is 2. The van der Waals surface area contributed by atoms with Crippen LogP contribution in [0, 0.1) is 6.92 Å². The summed E-state index contributed by atoms with van der Waals surface area (Å²) >= 11 is 1.39. The number of thioether (sulfide) groups is 1. The van der Waals surface area contributed by atoms with Gasteiger partial charge in [0.25, 0.3) is 5.79 Å². The Labute approximate surface area is 173 Å². The first kappa shape index (κ1) is 18.4. The van der Waals surface area contributed by atoms with Crippen LogP contribution in [0.4, 0.5) is 5.69 Å². The largest absolute Gasteiger partial charge is 0.448 e. The molecule has 5 rings (SSSR count). The van der Waals surface area contributed by atoms with Gasteiger partial charge in [0.15, 0.2) is 16.7 Å². The van der Waals surface area contributed by atoms with E-state index in [-0.39, 0.29) is 11.7 Å². The second-order valence-corrected chi connectivity index (χ2v) is 8.70. The zero-order chi connectivity index (χ0) is 19.8. The number of imidazole rings is 1. The van der Waals surface area contributed by atoms with Crippen molar-refractivity contribution in [3.8, 4) is 11.5 Å². The van der Waals surface area contributed by atoms with Crippen LogP contribution < -0.4 is 14.8 Å². The quantitative estimate of drug-likeness (QED) is 0.591. The smallest absolute Gasteiger partial charge is 0.251 e. The molecule has 7 heteroatoms. The van der Waals surface area contributed by atoms with Crippen molar-refractivity contribution < 1.29 is 14.3 Å². The van der Waals surface area contributed by atoms with E-state index in [0.717, 1.165) is 47.6 Å². The number of aromatic nitrogens is 2. The zero-order valence-corrected chi connectivity index (χ0v) is 17.1. The lowest BCUT2D eigenvalue weighted by atomic mass is 9.94. The lowest BCUT2D eigenvalue weighted by molar-refractivity contribution is -0.113. The summed E-state index contributed by atoms with van der Waals surface area (Å²) in [5.74, 6) is 1.16. The van der Waals surface area contributed by atoms with E-state index >= 15 is 0 Å². The van der Waals surface area contributed by atoms with E-state index in [2.05, 4.69) is 21.4 Å². The first-order chi connectivity index (χ1) is 14.1. The summed E-state index contributed by atoms with van der Waals surface area (Å²) in [6.45, 7) is 2.04. The minimum absolute atomic E-state index is 0.0853. The minimum atomic E-state index is -0.501. The maximum absolute atomic E-state index is 12.4. The summed E-state index contributed by atoms with van der Waals surface area (Å²) in [5, 5.41) is 3.68. The van der Waals surface area contributed by atoms with Gasteiger partial charge in [0, 0.05) is 24.6 Å². The standard InChI is InChI=1S/C22H23N3O3S/c1-14-5-7-16-17(11-14)25-21(24-16)29-13-20(26)23-15-6-8-18-19(12-15)28-22(27-18)9-3-2-4-10-22/h5-8,11-12H,2-4,9-10,13H2,1H3,(H,23,26)(H,24,25). The van der Waals surface area contributed by atoms with Crippen LogP contribution in [0.2, 0.25) is 0 Å². The number of carbonyl (C=O) groups is 1. The van der Waals surface area contributed by atoms with Crippen molar-refractivity contribution in [3.05, 3.63) is 42.0 Å². The van der Waals surface area contributed by atoms with Crippen LogP contribution in [-0.2, 0) is 4.79 Å². The Morgan fingerprint density at radius 2 is 1.97 bits per heavy atom. The highest BCUT2D eigenvalue weighted by atomic mass is 32.2. The molecule has 29 heavy (non-hydrogen) atoms. The van der Waals surface area contributed by atoms with Gasteiger partial charge in [-0.2, -0.15) is 0 Å². The number of aromatic amines is 1. The van der Waals surface area contributed by atoms with E-state index in [1.54, 1.807) is 0 Å². The third-order valence-electron chi connectivity index (χ3n) is 5.39. The molecule has 0 unspecified atom stereocenters. The SMILES string of the molecule is Cc1ccc2nc(SCC(=O)Nc3ccc4c(c3)OC3(CCCCC3)O4)[nH]c2c1. The van der Waals surface area contributed by atoms with Gasteiger partial charge < -0.3 is 19.8 Å². The minimum Gasteiger partial charge on any atom is -0.448 e. The topological polar surface area (TPSA) is 76.2 Å². The maximum Gasteiger partial charge on any atom is 0.251 e. The Bertz CT molecular complexity index is 1070. The Balaban J connectivity index is 1.21. The summed E-state index contributed by atoms with van der Waals surface area (Å²) in [6, 6.07) is 11.7. The number of nitrogens with zero attached hydrogens (tertiary/aromatic N) is 1. The molecule has 1 aliphatic carbocycles. The second-order valence-electron chi connectivity index (χ2n) is 7.74. The molecule has 2 heterocycles. The molecular weight excluding hydrogens is 386 g/mol. The molecule has 1 amide bonds. The van der Waals surface area contributed by atoms with E-state index < -0.39 is 5.79 Å². The molecule has 1 aromatic heterocycles. The fourth-order valence-electron chi connectivity index (χ4n) is 3.97. The van der Waals surface area contributed by atoms with Crippen molar-refractivity contribution in [2.24, 2.45) is 0 Å². The number of benzene rings is 2. The molecule has 6 nitrogen and oxygen atoms in total. The molecule has 2 N–H and O–H groups in total. The second kappa shape index (κ2) is 7.30. The van der Waals surface area contributed by atoms with Crippen molar-refractivity contribution in [2.45, 2.75) is 50.0 Å².